The number of hydrogen-bond donors (Lipinski definition) is 0. The van der Waals surface area contributed by atoms with Gasteiger partial charge in [-0.1, -0.05) is 29.8 Å². The highest BCUT2D eigenvalue weighted by Crippen LogP contribution is 2.25. The molecule has 0 aliphatic heterocycles. The lowest BCUT2D eigenvalue weighted by Crippen LogP contribution is -2.11. The summed E-state index contributed by atoms with van der Waals surface area (Å²) in [6.07, 6.45) is 1.56. The second-order valence-electron chi connectivity index (χ2n) is 4.47. The van der Waals surface area contributed by atoms with Crippen molar-refractivity contribution in [3.8, 4) is 6.07 Å². The highest BCUT2D eigenvalue weighted by molar-refractivity contribution is 14.1. The number of nitrogens with zero attached hydrogens (tertiary/aromatic N) is 2. The lowest BCUT2D eigenvalue weighted by atomic mass is 10.2. The van der Waals surface area contributed by atoms with Gasteiger partial charge < -0.3 is 0 Å². The van der Waals surface area contributed by atoms with E-state index in [1.54, 1.807) is 18.3 Å². The van der Waals surface area contributed by atoms with Crippen molar-refractivity contribution >= 4 is 51.0 Å². The van der Waals surface area contributed by atoms with E-state index in [4.69, 9.17) is 11.6 Å². The topological polar surface area (TPSA) is 45.8 Å². The molecule has 3 aromatic rings. The zero-order chi connectivity index (χ0) is 15.0. The summed E-state index contributed by atoms with van der Waals surface area (Å²) >= 11 is 8.26. The number of halogens is 2. The van der Waals surface area contributed by atoms with E-state index < -0.39 is 0 Å². The fraction of sp³-hybridized carbons (Fsp3) is 0. The molecule has 1 heterocycles. The molecule has 0 radical (unpaired) electrons. The van der Waals surface area contributed by atoms with Crippen molar-refractivity contribution in [2.24, 2.45) is 0 Å². The number of hydrogen-bond acceptors (Lipinski definition) is 2. The number of aromatic nitrogens is 1. The fourth-order valence-electron chi connectivity index (χ4n) is 2.23. The van der Waals surface area contributed by atoms with Gasteiger partial charge >= 0.3 is 0 Å². The van der Waals surface area contributed by atoms with Crippen LogP contribution in [0.2, 0.25) is 5.02 Å². The minimum Gasteiger partial charge on any atom is -0.282 e. The van der Waals surface area contributed by atoms with Crippen LogP contribution in [0.25, 0.3) is 10.9 Å². The van der Waals surface area contributed by atoms with Crippen molar-refractivity contribution in [1.82, 2.24) is 4.57 Å². The molecule has 102 valence electrons. The highest BCUT2D eigenvalue weighted by atomic mass is 127. The molecule has 2 aromatic carbocycles. The van der Waals surface area contributed by atoms with Crippen molar-refractivity contribution in [3.63, 3.8) is 0 Å². The van der Waals surface area contributed by atoms with Gasteiger partial charge in [-0.15, -0.1) is 0 Å². The van der Waals surface area contributed by atoms with E-state index >= 15 is 0 Å². The minimum absolute atomic E-state index is 0.240. The van der Waals surface area contributed by atoms with Gasteiger partial charge in [0, 0.05) is 15.2 Å². The predicted octanol–water partition coefficient (Wildman–Crippen LogP) is 4.46. The monoisotopic (exact) mass is 406 g/mol. The van der Waals surface area contributed by atoms with Crippen LogP contribution < -0.4 is 0 Å². The van der Waals surface area contributed by atoms with E-state index in [1.807, 2.05) is 30.3 Å². The molecule has 5 heteroatoms. The summed E-state index contributed by atoms with van der Waals surface area (Å²) in [6, 6.07) is 14.7. The van der Waals surface area contributed by atoms with Gasteiger partial charge in [0.1, 0.15) is 6.07 Å². The van der Waals surface area contributed by atoms with E-state index in [1.165, 1.54) is 4.57 Å². The van der Waals surface area contributed by atoms with Gasteiger partial charge in [-0.25, -0.2) is 0 Å². The maximum Gasteiger partial charge on any atom is 0.263 e. The third kappa shape index (κ3) is 2.43. The zero-order valence-electron chi connectivity index (χ0n) is 10.7. The van der Waals surface area contributed by atoms with Gasteiger partial charge in [-0.3, -0.25) is 9.36 Å². The van der Waals surface area contributed by atoms with Crippen molar-refractivity contribution in [2.75, 3.05) is 0 Å². The van der Waals surface area contributed by atoms with Gasteiger partial charge in [0.05, 0.1) is 21.7 Å². The Morgan fingerprint density at radius 1 is 1.24 bits per heavy atom. The van der Waals surface area contributed by atoms with Crippen LogP contribution in [0.3, 0.4) is 0 Å². The number of nitriles is 1. The predicted molar refractivity (Wildman–Crippen MR) is 90.6 cm³/mol. The molecule has 0 unspecified atom stereocenters. The lowest BCUT2D eigenvalue weighted by molar-refractivity contribution is 0.0965. The van der Waals surface area contributed by atoms with Gasteiger partial charge in [0.2, 0.25) is 0 Å². The molecule has 0 aliphatic carbocycles. The summed E-state index contributed by atoms with van der Waals surface area (Å²) in [5, 5.41) is 10.4. The molecule has 0 amide bonds. The molecule has 1 aromatic heterocycles. The first kappa shape index (κ1) is 14.1. The Kier molecular flexibility index (Phi) is 3.70. The standard InChI is InChI=1S/C16H8ClIN2O/c17-14-6-5-11(18)7-13(14)16(21)20-9-10(8-19)12-3-1-2-4-15(12)20/h1-7,9H. The van der Waals surface area contributed by atoms with Crippen molar-refractivity contribution < 1.29 is 4.79 Å². The van der Waals surface area contributed by atoms with Crippen LogP contribution >= 0.6 is 34.2 Å². The first-order chi connectivity index (χ1) is 10.1. The van der Waals surface area contributed by atoms with Gasteiger partial charge in [-0.2, -0.15) is 5.26 Å². The van der Waals surface area contributed by atoms with Crippen LogP contribution in [-0.2, 0) is 0 Å². The number of fused-ring (bicyclic) bond motifs is 1. The van der Waals surface area contributed by atoms with Crippen LogP contribution in [0.5, 0.6) is 0 Å². The summed E-state index contributed by atoms with van der Waals surface area (Å²) in [7, 11) is 0. The molecule has 0 saturated heterocycles. The normalized spacial score (nSPS) is 10.5. The third-order valence-electron chi connectivity index (χ3n) is 3.21. The van der Waals surface area contributed by atoms with E-state index in [0.717, 1.165) is 8.96 Å². The molecule has 0 fully saturated rings. The Morgan fingerprint density at radius 2 is 2.00 bits per heavy atom. The van der Waals surface area contributed by atoms with E-state index in [-0.39, 0.29) is 5.91 Å². The molecule has 0 spiro atoms. The minimum atomic E-state index is -0.240. The Labute approximate surface area is 139 Å². The molecule has 3 nitrogen and oxygen atoms in total. The molecule has 0 bridgehead atoms. The maximum atomic E-state index is 12.7. The molecule has 0 saturated carbocycles. The molecular weight excluding hydrogens is 399 g/mol. The molecule has 21 heavy (non-hydrogen) atoms. The second-order valence-corrected chi connectivity index (χ2v) is 6.12. The Balaban J connectivity index is 2.23. The number of carbonyl (C=O) groups is 1. The summed E-state index contributed by atoms with van der Waals surface area (Å²) < 4.78 is 2.41. The van der Waals surface area contributed by atoms with Crippen LogP contribution in [0, 0.1) is 14.9 Å². The van der Waals surface area contributed by atoms with E-state index in [0.29, 0.717) is 21.7 Å². The Hall–Kier alpha value is -1.84. The summed E-state index contributed by atoms with van der Waals surface area (Å²) in [5.74, 6) is -0.240. The van der Waals surface area contributed by atoms with Gasteiger partial charge in [0.25, 0.3) is 5.91 Å². The van der Waals surface area contributed by atoms with Crippen molar-refractivity contribution in [2.45, 2.75) is 0 Å². The van der Waals surface area contributed by atoms with Crippen LogP contribution in [0.4, 0.5) is 0 Å². The number of benzene rings is 2. The molecule has 3 rings (SSSR count). The Morgan fingerprint density at radius 3 is 2.76 bits per heavy atom. The van der Waals surface area contributed by atoms with Gasteiger partial charge in [-0.05, 0) is 46.9 Å². The quantitative estimate of drug-likeness (QED) is 0.560. The largest absolute Gasteiger partial charge is 0.282 e. The SMILES string of the molecule is N#Cc1cn(C(=O)c2cc(I)ccc2Cl)c2ccccc12. The zero-order valence-corrected chi connectivity index (χ0v) is 13.6. The Bertz CT molecular complexity index is 908. The summed E-state index contributed by atoms with van der Waals surface area (Å²) in [4.78, 5) is 12.7. The smallest absolute Gasteiger partial charge is 0.263 e. The first-order valence-electron chi connectivity index (χ1n) is 6.12. The molecule has 0 aliphatic rings. The average molecular weight is 407 g/mol. The fourth-order valence-corrected chi connectivity index (χ4v) is 2.92. The molecular formula is C16H8ClIN2O. The van der Waals surface area contributed by atoms with Crippen LogP contribution in [-0.4, -0.2) is 10.5 Å². The van der Waals surface area contributed by atoms with Crippen LogP contribution in [0.1, 0.15) is 15.9 Å². The number of para-hydroxylation sites is 1. The van der Waals surface area contributed by atoms with Crippen molar-refractivity contribution in [1.29, 1.82) is 5.26 Å². The van der Waals surface area contributed by atoms with E-state index in [2.05, 4.69) is 28.7 Å². The highest BCUT2D eigenvalue weighted by Gasteiger charge is 2.17. The molecule has 0 atom stereocenters. The second kappa shape index (κ2) is 5.51. The third-order valence-corrected chi connectivity index (χ3v) is 4.21. The molecule has 0 N–H and O–H groups in total. The first-order valence-corrected chi connectivity index (χ1v) is 7.57. The van der Waals surface area contributed by atoms with Crippen molar-refractivity contribution in [3.05, 3.63) is 68.4 Å². The maximum absolute atomic E-state index is 12.7. The average Bonchev–Trinajstić information content (AvgIpc) is 2.88. The summed E-state index contributed by atoms with van der Waals surface area (Å²) in [5.41, 5.74) is 1.60. The van der Waals surface area contributed by atoms with Crippen LogP contribution in [0.15, 0.2) is 48.7 Å². The van der Waals surface area contributed by atoms with Gasteiger partial charge in [0.15, 0.2) is 0 Å². The number of carbonyl (C=O) groups excluding carboxylic acids is 1. The van der Waals surface area contributed by atoms with E-state index in [9.17, 15) is 10.1 Å². The summed E-state index contributed by atoms with van der Waals surface area (Å²) in [6.45, 7) is 0. The lowest BCUT2D eigenvalue weighted by Gasteiger charge is -2.06. The number of rotatable bonds is 1.